The molecule has 0 saturated heterocycles. The highest BCUT2D eigenvalue weighted by Crippen LogP contribution is 2.30. The van der Waals surface area contributed by atoms with Crippen molar-refractivity contribution < 1.29 is 4.74 Å². The van der Waals surface area contributed by atoms with Crippen LogP contribution >= 0.6 is 0 Å². The number of nitrogens with zero attached hydrogens (tertiary/aromatic N) is 4. The second-order valence-electron chi connectivity index (χ2n) is 6.38. The van der Waals surface area contributed by atoms with E-state index in [1.54, 1.807) is 7.11 Å². The normalized spacial score (nSPS) is 13.2. The van der Waals surface area contributed by atoms with Crippen LogP contribution in [-0.2, 0) is 11.8 Å². The molecule has 0 aromatic carbocycles. The highest BCUT2D eigenvalue weighted by Gasteiger charge is 2.17. The number of methoxy groups -OCH3 is 1. The molecule has 3 rings (SSSR count). The molecule has 0 unspecified atom stereocenters. The Morgan fingerprint density at radius 1 is 1.17 bits per heavy atom. The van der Waals surface area contributed by atoms with Gasteiger partial charge in [-0.05, 0) is 25.8 Å². The van der Waals surface area contributed by atoms with Crippen molar-refractivity contribution in [3.8, 4) is 11.1 Å². The molecule has 0 spiro atoms. The first-order chi connectivity index (χ1) is 10.9. The number of imidazole rings is 1. The minimum absolute atomic E-state index is 0.0168. The van der Waals surface area contributed by atoms with Gasteiger partial charge >= 0.3 is 0 Å². The van der Waals surface area contributed by atoms with Gasteiger partial charge in [0.05, 0.1) is 18.0 Å². The summed E-state index contributed by atoms with van der Waals surface area (Å²) in [7, 11) is 3.69. The highest BCUT2D eigenvalue weighted by atomic mass is 16.5. The average molecular weight is 312 g/mol. The first-order valence-electron chi connectivity index (χ1n) is 7.96. The van der Waals surface area contributed by atoms with Crippen LogP contribution in [0.4, 0.5) is 0 Å². The van der Waals surface area contributed by atoms with Gasteiger partial charge in [-0.25, -0.2) is 4.98 Å². The van der Waals surface area contributed by atoms with Gasteiger partial charge < -0.3 is 9.14 Å². The molecule has 122 valence electrons. The van der Waals surface area contributed by atoms with Gasteiger partial charge in [-0.15, -0.1) is 0 Å². The van der Waals surface area contributed by atoms with Crippen molar-refractivity contribution >= 4 is 5.65 Å². The largest absolute Gasteiger partial charge is 0.377 e. The zero-order chi connectivity index (χ0) is 16.7. The highest BCUT2D eigenvalue weighted by molar-refractivity contribution is 5.69. The topological polar surface area (TPSA) is 44.4 Å². The standard InChI is InChI=1S/C18H24N4O/c1-11(2)17-10-22-9-14(16-8-19-21(5)12(16)3)7-15(13(4)23-6)18(22)20-17/h7-11,13H,1-6H3/t13-/m1/s1. The predicted octanol–water partition coefficient (Wildman–Crippen LogP) is 3.87. The van der Waals surface area contributed by atoms with E-state index in [-0.39, 0.29) is 6.10 Å². The number of ether oxygens (including phenoxy) is 1. The number of rotatable bonds is 4. The van der Waals surface area contributed by atoms with Gasteiger partial charge in [0.25, 0.3) is 0 Å². The van der Waals surface area contributed by atoms with Crippen molar-refractivity contribution in [1.29, 1.82) is 0 Å². The summed E-state index contributed by atoms with van der Waals surface area (Å²) >= 11 is 0. The molecule has 0 bridgehead atoms. The summed E-state index contributed by atoms with van der Waals surface area (Å²) in [5.74, 6) is 0.393. The fraction of sp³-hybridized carbons (Fsp3) is 0.444. The molecule has 3 aromatic heterocycles. The molecular weight excluding hydrogens is 288 g/mol. The molecule has 0 fully saturated rings. The number of aromatic nitrogens is 4. The van der Waals surface area contributed by atoms with E-state index in [1.807, 2.05) is 17.9 Å². The fourth-order valence-electron chi connectivity index (χ4n) is 2.78. The van der Waals surface area contributed by atoms with E-state index in [0.29, 0.717) is 5.92 Å². The molecule has 0 radical (unpaired) electrons. The number of pyridine rings is 1. The third-order valence-electron chi connectivity index (χ3n) is 4.53. The Labute approximate surface area is 136 Å². The molecule has 3 aromatic rings. The monoisotopic (exact) mass is 312 g/mol. The van der Waals surface area contributed by atoms with E-state index in [2.05, 4.69) is 55.7 Å². The Morgan fingerprint density at radius 3 is 2.48 bits per heavy atom. The fourth-order valence-corrected chi connectivity index (χ4v) is 2.78. The summed E-state index contributed by atoms with van der Waals surface area (Å²) in [5, 5.41) is 4.36. The third kappa shape index (κ3) is 2.65. The maximum absolute atomic E-state index is 5.57. The maximum Gasteiger partial charge on any atom is 0.142 e. The Kier molecular flexibility index (Phi) is 3.98. The summed E-state index contributed by atoms with van der Waals surface area (Å²) in [6.07, 6.45) is 6.14. The van der Waals surface area contributed by atoms with Crippen LogP contribution in [0.3, 0.4) is 0 Å². The molecule has 0 amide bonds. The van der Waals surface area contributed by atoms with Crippen LogP contribution in [0.1, 0.15) is 49.7 Å². The zero-order valence-electron chi connectivity index (χ0n) is 14.7. The summed E-state index contributed by atoms with van der Waals surface area (Å²) in [4.78, 5) is 4.81. The van der Waals surface area contributed by atoms with E-state index < -0.39 is 0 Å². The Balaban J connectivity index is 2.26. The van der Waals surface area contributed by atoms with Crippen molar-refractivity contribution in [2.45, 2.75) is 39.7 Å². The average Bonchev–Trinajstić information content (AvgIpc) is 3.10. The zero-order valence-corrected chi connectivity index (χ0v) is 14.7. The second kappa shape index (κ2) is 5.81. The molecular formula is C18H24N4O. The Bertz CT molecular complexity index is 844. The summed E-state index contributed by atoms with van der Waals surface area (Å²) < 4.78 is 9.57. The third-order valence-corrected chi connectivity index (χ3v) is 4.53. The molecule has 3 heterocycles. The van der Waals surface area contributed by atoms with Crippen LogP contribution in [0.25, 0.3) is 16.8 Å². The predicted molar refractivity (Wildman–Crippen MR) is 91.6 cm³/mol. The Morgan fingerprint density at radius 2 is 1.91 bits per heavy atom. The summed E-state index contributed by atoms with van der Waals surface area (Å²) in [6.45, 7) is 8.46. The van der Waals surface area contributed by atoms with Crippen LogP contribution < -0.4 is 0 Å². The van der Waals surface area contributed by atoms with Crippen LogP contribution in [0.15, 0.2) is 24.7 Å². The molecule has 0 aliphatic rings. The molecule has 5 nitrogen and oxygen atoms in total. The van der Waals surface area contributed by atoms with E-state index in [9.17, 15) is 0 Å². The second-order valence-corrected chi connectivity index (χ2v) is 6.38. The molecule has 5 heteroatoms. The van der Waals surface area contributed by atoms with Crippen LogP contribution in [0.2, 0.25) is 0 Å². The summed E-state index contributed by atoms with van der Waals surface area (Å²) in [5.41, 5.74) is 6.57. The van der Waals surface area contributed by atoms with Crippen LogP contribution in [0, 0.1) is 6.92 Å². The summed E-state index contributed by atoms with van der Waals surface area (Å²) in [6, 6.07) is 2.17. The molecule has 0 saturated carbocycles. The SMILES string of the molecule is CO[C@H](C)c1cc(-c2cnn(C)c2C)cn2cc(C(C)C)nc12. The number of hydrogen-bond donors (Lipinski definition) is 0. The van der Waals surface area contributed by atoms with Crippen molar-refractivity contribution in [2.24, 2.45) is 7.05 Å². The number of hydrogen-bond acceptors (Lipinski definition) is 3. The van der Waals surface area contributed by atoms with E-state index >= 15 is 0 Å². The van der Waals surface area contributed by atoms with Gasteiger partial charge in [-0.1, -0.05) is 13.8 Å². The van der Waals surface area contributed by atoms with E-state index in [0.717, 1.165) is 33.7 Å². The van der Waals surface area contributed by atoms with Crippen LogP contribution in [0.5, 0.6) is 0 Å². The first-order valence-corrected chi connectivity index (χ1v) is 7.96. The van der Waals surface area contributed by atoms with Crippen molar-refractivity contribution in [2.75, 3.05) is 7.11 Å². The van der Waals surface area contributed by atoms with Gasteiger partial charge in [0.2, 0.25) is 0 Å². The molecule has 0 N–H and O–H groups in total. The smallest absolute Gasteiger partial charge is 0.142 e. The number of fused-ring (bicyclic) bond motifs is 1. The molecule has 23 heavy (non-hydrogen) atoms. The molecule has 0 aliphatic carbocycles. The van der Waals surface area contributed by atoms with Gasteiger partial charge in [-0.2, -0.15) is 5.10 Å². The van der Waals surface area contributed by atoms with Gasteiger partial charge in [0.15, 0.2) is 0 Å². The van der Waals surface area contributed by atoms with Gasteiger partial charge in [0, 0.05) is 48.9 Å². The van der Waals surface area contributed by atoms with Crippen LogP contribution in [-0.4, -0.2) is 26.3 Å². The van der Waals surface area contributed by atoms with Crippen molar-refractivity contribution in [3.05, 3.63) is 41.6 Å². The quantitative estimate of drug-likeness (QED) is 0.734. The number of aryl methyl sites for hydroxylation is 1. The van der Waals surface area contributed by atoms with E-state index in [4.69, 9.17) is 9.72 Å². The lowest BCUT2D eigenvalue weighted by molar-refractivity contribution is 0.120. The van der Waals surface area contributed by atoms with Gasteiger partial charge in [-0.3, -0.25) is 4.68 Å². The lowest BCUT2D eigenvalue weighted by Gasteiger charge is -2.13. The Hall–Kier alpha value is -2.14. The minimum Gasteiger partial charge on any atom is -0.377 e. The van der Waals surface area contributed by atoms with Gasteiger partial charge in [0.1, 0.15) is 5.65 Å². The van der Waals surface area contributed by atoms with E-state index in [1.165, 1.54) is 0 Å². The lowest BCUT2D eigenvalue weighted by Crippen LogP contribution is -2.01. The van der Waals surface area contributed by atoms with Crippen molar-refractivity contribution in [1.82, 2.24) is 19.2 Å². The maximum atomic E-state index is 5.57. The minimum atomic E-state index is -0.0168. The molecule has 1 atom stereocenters. The first kappa shape index (κ1) is 15.7. The lowest BCUT2D eigenvalue weighted by atomic mass is 10.0. The molecule has 0 aliphatic heterocycles. The van der Waals surface area contributed by atoms with Crippen molar-refractivity contribution in [3.63, 3.8) is 0 Å².